The predicted octanol–water partition coefficient (Wildman–Crippen LogP) is 1.64. The first-order valence-electron chi connectivity index (χ1n) is 10.1. The van der Waals surface area contributed by atoms with E-state index in [9.17, 15) is 4.79 Å². The molecule has 3 heterocycles. The first-order valence-corrected chi connectivity index (χ1v) is 10.1. The molecule has 1 fully saturated rings. The number of rotatable bonds is 7. The van der Waals surface area contributed by atoms with Crippen molar-refractivity contribution in [2.45, 2.75) is 19.3 Å². The van der Waals surface area contributed by atoms with Crippen molar-refractivity contribution in [1.82, 2.24) is 30.3 Å². The molecule has 0 bridgehead atoms. The Hall–Kier alpha value is -3.49. The van der Waals surface area contributed by atoms with Crippen molar-refractivity contribution in [3.8, 4) is 11.6 Å². The lowest BCUT2D eigenvalue weighted by Crippen LogP contribution is -2.41. The summed E-state index contributed by atoms with van der Waals surface area (Å²) in [7, 11) is 1.65. The third-order valence-corrected chi connectivity index (χ3v) is 5.35. The Kier molecular flexibility index (Phi) is 6.17. The fourth-order valence-electron chi connectivity index (χ4n) is 3.57. The third kappa shape index (κ3) is 4.73. The van der Waals surface area contributed by atoms with Crippen LogP contribution in [0.25, 0.3) is 5.82 Å². The van der Waals surface area contributed by atoms with Gasteiger partial charge in [0.25, 0.3) is 0 Å². The number of hydrogen-bond donors (Lipinski definition) is 1. The van der Waals surface area contributed by atoms with Gasteiger partial charge in [-0.3, -0.25) is 4.79 Å². The molecule has 1 saturated heterocycles. The van der Waals surface area contributed by atoms with Crippen LogP contribution in [0.5, 0.6) is 5.75 Å². The van der Waals surface area contributed by atoms with Crippen LogP contribution in [0, 0.1) is 5.92 Å². The summed E-state index contributed by atoms with van der Waals surface area (Å²) in [6, 6.07) is 11.7. The minimum atomic E-state index is 0.0412. The van der Waals surface area contributed by atoms with Gasteiger partial charge in [-0.2, -0.15) is 5.10 Å². The summed E-state index contributed by atoms with van der Waals surface area (Å²) in [5.74, 6) is 2.46. The quantitative estimate of drug-likeness (QED) is 0.636. The molecule has 0 saturated carbocycles. The SMILES string of the molecule is COc1ccc(CCNC(=O)C2CCN(c3ccc(-n4cncn4)nn3)CC2)cc1. The summed E-state index contributed by atoms with van der Waals surface area (Å²) in [6.45, 7) is 2.21. The maximum absolute atomic E-state index is 12.5. The molecule has 0 atom stereocenters. The van der Waals surface area contributed by atoms with Gasteiger partial charge in [-0.05, 0) is 49.1 Å². The zero-order valence-electron chi connectivity index (χ0n) is 16.9. The molecule has 1 aliphatic heterocycles. The first kappa shape index (κ1) is 19.8. The lowest BCUT2D eigenvalue weighted by Gasteiger charge is -2.31. The normalized spacial score (nSPS) is 14.5. The molecule has 1 aliphatic rings. The second-order valence-corrected chi connectivity index (χ2v) is 7.24. The molecule has 2 aromatic heterocycles. The molecule has 0 aliphatic carbocycles. The van der Waals surface area contributed by atoms with Crippen molar-refractivity contribution in [3.63, 3.8) is 0 Å². The van der Waals surface area contributed by atoms with Crippen LogP contribution in [-0.4, -0.2) is 57.6 Å². The number of carbonyl (C=O) groups is 1. The van der Waals surface area contributed by atoms with Crippen LogP contribution < -0.4 is 15.0 Å². The van der Waals surface area contributed by atoms with Crippen molar-refractivity contribution in [3.05, 3.63) is 54.6 Å². The topological polar surface area (TPSA) is 98.1 Å². The molecule has 4 rings (SSSR count). The average Bonchev–Trinajstić information content (AvgIpc) is 3.35. The number of nitrogens with one attached hydrogen (secondary N) is 1. The molecule has 0 radical (unpaired) electrons. The Labute approximate surface area is 175 Å². The maximum atomic E-state index is 12.5. The number of piperidine rings is 1. The Morgan fingerprint density at radius 3 is 2.47 bits per heavy atom. The van der Waals surface area contributed by atoms with E-state index in [0.29, 0.717) is 12.4 Å². The number of amides is 1. The number of anilines is 1. The zero-order chi connectivity index (χ0) is 20.8. The summed E-state index contributed by atoms with van der Waals surface area (Å²) in [6.07, 6.45) is 5.47. The number of benzene rings is 1. The molecule has 30 heavy (non-hydrogen) atoms. The number of aromatic nitrogens is 5. The van der Waals surface area contributed by atoms with Crippen LogP contribution in [0.3, 0.4) is 0 Å². The standard InChI is InChI=1S/C21H25N7O2/c1-30-18-4-2-16(3-5-18)8-11-23-21(29)17-9-12-27(13-10-17)19-6-7-20(26-25-19)28-15-22-14-24-28/h2-7,14-15,17H,8-13H2,1H3,(H,23,29). The Morgan fingerprint density at radius 1 is 1.10 bits per heavy atom. The van der Waals surface area contributed by atoms with E-state index in [1.54, 1.807) is 18.1 Å². The number of hydrogen-bond acceptors (Lipinski definition) is 7. The van der Waals surface area contributed by atoms with Crippen LogP contribution in [0.4, 0.5) is 5.82 Å². The number of carbonyl (C=O) groups excluding carboxylic acids is 1. The lowest BCUT2D eigenvalue weighted by atomic mass is 9.96. The van der Waals surface area contributed by atoms with Gasteiger partial charge in [-0.25, -0.2) is 9.67 Å². The van der Waals surface area contributed by atoms with Gasteiger partial charge >= 0.3 is 0 Å². The summed E-state index contributed by atoms with van der Waals surface area (Å²) in [5, 5.41) is 15.6. The van der Waals surface area contributed by atoms with Crippen LogP contribution >= 0.6 is 0 Å². The monoisotopic (exact) mass is 407 g/mol. The van der Waals surface area contributed by atoms with Gasteiger partial charge in [0.05, 0.1) is 7.11 Å². The molecular formula is C21H25N7O2. The minimum absolute atomic E-state index is 0.0412. The van der Waals surface area contributed by atoms with E-state index in [2.05, 4.69) is 30.5 Å². The molecule has 0 spiro atoms. The van der Waals surface area contributed by atoms with Gasteiger partial charge in [0, 0.05) is 25.6 Å². The zero-order valence-corrected chi connectivity index (χ0v) is 16.9. The fourth-order valence-corrected chi connectivity index (χ4v) is 3.57. The van der Waals surface area contributed by atoms with E-state index >= 15 is 0 Å². The third-order valence-electron chi connectivity index (χ3n) is 5.35. The minimum Gasteiger partial charge on any atom is -0.497 e. The Bertz CT molecular complexity index is 935. The highest BCUT2D eigenvalue weighted by Crippen LogP contribution is 2.22. The molecule has 0 unspecified atom stereocenters. The van der Waals surface area contributed by atoms with E-state index < -0.39 is 0 Å². The first-order chi connectivity index (χ1) is 14.7. The van der Waals surface area contributed by atoms with Gasteiger partial charge in [-0.1, -0.05) is 12.1 Å². The van der Waals surface area contributed by atoms with E-state index in [0.717, 1.165) is 43.9 Å². The smallest absolute Gasteiger partial charge is 0.223 e. The molecule has 9 heteroatoms. The molecule has 1 amide bonds. The summed E-state index contributed by atoms with van der Waals surface area (Å²) in [5.41, 5.74) is 1.18. The largest absolute Gasteiger partial charge is 0.497 e. The van der Waals surface area contributed by atoms with Crippen LogP contribution in [0.1, 0.15) is 18.4 Å². The summed E-state index contributed by atoms with van der Waals surface area (Å²) in [4.78, 5) is 18.6. The Morgan fingerprint density at radius 2 is 1.83 bits per heavy atom. The van der Waals surface area contributed by atoms with Crippen molar-refractivity contribution in [2.24, 2.45) is 5.92 Å². The van der Waals surface area contributed by atoms with Gasteiger partial charge in [0.2, 0.25) is 5.91 Å². The summed E-state index contributed by atoms with van der Waals surface area (Å²) >= 11 is 0. The maximum Gasteiger partial charge on any atom is 0.223 e. The molecule has 3 aromatic rings. The van der Waals surface area contributed by atoms with E-state index in [4.69, 9.17) is 4.74 Å². The van der Waals surface area contributed by atoms with Gasteiger partial charge in [0.15, 0.2) is 11.6 Å². The van der Waals surface area contributed by atoms with Crippen LogP contribution in [0.2, 0.25) is 0 Å². The van der Waals surface area contributed by atoms with E-state index in [1.807, 2.05) is 36.4 Å². The van der Waals surface area contributed by atoms with Gasteiger partial charge in [0.1, 0.15) is 18.4 Å². The average molecular weight is 407 g/mol. The van der Waals surface area contributed by atoms with Gasteiger partial charge < -0.3 is 15.0 Å². The molecular weight excluding hydrogens is 382 g/mol. The number of methoxy groups -OCH3 is 1. The molecule has 1 N–H and O–H groups in total. The van der Waals surface area contributed by atoms with E-state index in [1.165, 1.54) is 11.9 Å². The second-order valence-electron chi connectivity index (χ2n) is 7.24. The highest BCUT2D eigenvalue weighted by atomic mass is 16.5. The van der Waals surface area contributed by atoms with Crippen molar-refractivity contribution < 1.29 is 9.53 Å². The van der Waals surface area contributed by atoms with Crippen LogP contribution in [0.15, 0.2) is 49.1 Å². The number of ether oxygens (including phenoxy) is 1. The van der Waals surface area contributed by atoms with Gasteiger partial charge in [-0.15, -0.1) is 10.2 Å². The highest BCUT2D eigenvalue weighted by molar-refractivity contribution is 5.79. The predicted molar refractivity (Wildman–Crippen MR) is 112 cm³/mol. The fraction of sp³-hybridized carbons (Fsp3) is 0.381. The molecule has 156 valence electrons. The van der Waals surface area contributed by atoms with Crippen molar-refractivity contribution >= 4 is 11.7 Å². The summed E-state index contributed by atoms with van der Waals surface area (Å²) < 4.78 is 6.73. The lowest BCUT2D eigenvalue weighted by molar-refractivity contribution is -0.125. The highest BCUT2D eigenvalue weighted by Gasteiger charge is 2.25. The van der Waals surface area contributed by atoms with Crippen LogP contribution in [-0.2, 0) is 11.2 Å². The molecule has 9 nitrogen and oxygen atoms in total. The van der Waals surface area contributed by atoms with E-state index in [-0.39, 0.29) is 11.8 Å². The second kappa shape index (κ2) is 9.34. The van der Waals surface area contributed by atoms with Crippen molar-refractivity contribution in [2.75, 3.05) is 31.6 Å². The molecule has 1 aromatic carbocycles. The Balaban J connectivity index is 1.22. The number of nitrogens with zero attached hydrogens (tertiary/aromatic N) is 6. The van der Waals surface area contributed by atoms with Crippen molar-refractivity contribution in [1.29, 1.82) is 0 Å².